The molecule has 0 unspecified atom stereocenters. The molecule has 0 atom stereocenters. The number of carbonyl (C=O) groups is 1. The Morgan fingerprint density at radius 1 is 1.15 bits per heavy atom. The van der Waals surface area contributed by atoms with Gasteiger partial charge in [-0.15, -0.1) is 0 Å². The number of para-hydroxylation sites is 1. The van der Waals surface area contributed by atoms with Gasteiger partial charge in [0.05, 0.1) is 16.8 Å². The highest BCUT2D eigenvalue weighted by atomic mass is 19.3. The molecule has 6 heteroatoms. The lowest BCUT2D eigenvalue weighted by Crippen LogP contribution is -2.24. The van der Waals surface area contributed by atoms with Crippen LogP contribution in [0.5, 0.6) is 5.75 Å². The van der Waals surface area contributed by atoms with Crippen molar-refractivity contribution in [1.29, 1.82) is 0 Å². The Morgan fingerprint density at radius 3 is 2.69 bits per heavy atom. The van der Waals surface area contributed by atoms with E-state index in [1.807, 2.05) is 25.1 Å². The van der Waals surface area contributed by atoms with Gasteiger partial charge >= 0.3 is 6.61 Å². The molecule has 1 N–H and O–H groups in total. The molecule has 1 heterocycles. The Labute approximate surface area is 149 Å². The molecule has 26 heavy (non-hydrogen) atoms. The molecule has 0 saturated heterocycles. The van der Waals surface area contributed by atoms with Crippen molar-refractivity contribution >= 4 is 16.8 Å². The molecule has 0 fully saturated rings. The van der Waals surface area contributed by atoms with E-state index in [1.54, 1.807) is 31.2 Å². The van der Waals surface area contributed by atoms with Gasteiger partial charge in [-0.3, -0.25) is 9.78 Å². The van der Waals surface area contributed by atoms with E-state index in [0.717, 1.165) is 16.5 Å². The maximum absolute atomic E-state index is 12.5. The Morgan fingerprint density at radius 2 is 1.92 bits per heavy atom. The van der Waals surface area contributed by atoms with Crippen LogP contribution >= 0.6 is 0 Å². The number of hydrogen-bond donors (Lipinski definition) is 1. The van der Waals surface area contributed by atoms with E-state index in [1.165, 1.54) is 6.07 Å². The number of amides is 1. The van der Waals surface area contributed by atoms with Gasteiger partial charge in [-0.05, 0) is 37.6 Å². The number of alkyl halides is 2. The average Bonchev–Trinajstić information content (AvgIpc) is 2.59. The summed E-state index contributed by atoms with van der Waals surface area (Å²) in [5, 5.41) is 3.61. The second-order valence-corrected chi connectivity index (χ2v) is 5.99. The van der Waals surface area contributed by atoms with Crippen LogP contribution in [0.25, 0.3) is 10.9 Å². The number of nitrogens with zero attached hydrogens (tertiary/aromatic N) is 1. The maximum atomic E-state index is 12.5. The zero-order valence-corrected chi connectivity index (χ0v) is 14.4. The molecule has 2 aromatic carbocycles. The molecule has 0 saturated carbocycles. The predicted octanol–water partition coefficient (Wildman–Crippen LogP) is 4.38. The van der Waals surface area contributed by atoms with Crippen LogP contribution in [0.4, 0.5) is 8.78 Å². The van der Waals surface area contributed by atoms with Crippen LogP contribution in [0.1, 0.15) is 27.2 Å². The molecule has 1 amide bonds. The van der Waals surface area contributed by atoms with Crippen molar-refractivity contribution in [2.75, 3.05) is 0 Å². The van der Waals surface area contributed by atoms with Crippen molar-refractivity contribution in [1.82, 2.24) is 10.3 Å². The first-order chi connectivity index (χ1) is 12.4. The minimum Gasteiger partial charge on any atom is -0.434 e. The van der Waals surface area contributed by atoms with Gasteiger partial charge in [0.2, 0.25) is 0 Å². The van der Waals surface area contributed by atoms with Crippen LogP contribution in [-0.4, -0.2) is 17.5 Å². The molecule has 134 valence electrons. The number of aromatic nitrogens is 1. The number of hydrogen-bond acceptors (Lipinski definition) is 3. The quantitative estimate of drug-likeness (QED) is 0.738. The summed E-state index contributed by atoms with van der Waals surface area (Å²) in [4.78, 5) is 17.0. The normalized spacial score (nSPS) is 11.0. The van der Waals surface area contributed by atoms with Crippen LogP contribution in [-0.2, 0) is 6.54 Å². The van der Waals surface area contributed by atoms with Gasteiger partial charge in [0, 0.05) is 17.5 Å². The van der Waals surface area contributed by atoms with Gasteiger partial charge in [-0.2, -0.15) is 8.78 Å². The number of ether oxygens (including phenoxy) is 1. The third-order valence-corrected chi connectivity index (χ3v) is 4.04. The van der Waals surface area contributed by atoms with Gasteiger partial charge in [-0.25, -0.2) is 0 Å². The summed E-state index contributed by atoms with van der Waals surface area (Å²) in [5.74, 6) is -0.268. The smallest absolute Gasteiger partial charge is 0.387 e. The summed E-state index contributed by atoms with van der Waals surface area (Å²) in [6.45, 7) is 0.912. The lowest BCUT2D eigenvalue weighted by molar-refractivity contribution is -0.0504. The SMILES string of the molecule is Cc1ccc2cc(C(=O)NCc3ccccc3OC(F)F)c(C)nc2c1. The van der Waals surface area contributed by atoms with Crippen LogP contribution in [0.3, 0.4) is 0 Å². The number of pyridine rings is 1. The zero-order valence-electron chi connectivity index (χ0n) is 14.4. The lowest BCUT2D eigenvalue weighted by atomic mass is 10.1. The number of carbonyl (C=O) groups excluding carboxylic acids is 1. The lowest BCUT2D eigenvalue weighted by Gasteiger charge is -2.12. The fourth-order valence-electron chi connectivity index (χ4n) is 2.73. The van der Waals surface area contributed by atoms with E-state index < -0.39 is 6.61 Å². The third kappa shape index (κ3) is 3.96. The van der Waals surface area contributed by atoms with Crippen molar-refractivity contribution in [2.45, 2.75) is 27.0 Å². The largest absolute Gasteiger partial charge is 0.434 e. The fraction of sp³-hybridized carbons (Fsp3) is 0.200. The molecule has 0 radical (unpaired) electrons. The number of nitrogens with one attached hydrogen (secondary N) is 1. The van der Waals surface area contributed by atoms with Crippen molar-refractivity contribution in [3.8, 4) is 5.75 Å². The zero-order chi connectivity index (χ0) is 18.7. The Kier molecular flexibility index (Phi) is 5.11. The van der Waals surface area contributed by atoms with E-state index in [2.05, 4.69) is 15.0 Å². The molecule has 1 aromatic heterocycles. The first-order valence-electron chi connectivity index (χ1n) is 8.13. The molecule has 0 bridgehead atoms. The molecular weight excluding hydrogens is 338 g/mol. The molecular formula is C20H18F2N2O2. The van der Waals surface area contributed by atoms with E-state index in [4.69, 9.17) is 0 Å². The maximum Gasteiger partial charge on any atom is 0.387 e. The van der Waals surface area contributed by atoms with Gasteiger partial charge in [0.25, 0.3) is 5.91 Å². The molecule has 0 aliphatic carbocycles. The van der Waals surface area contributed by atoms with Crippen molar-refractivity contribution in [2.24, 2.45) is 0 Å². The highest BCUT2D eigenvalue weighted by Crippen LogP contribution is 2.21. The monoisotopic (exact) mass is 356 g/mol. The molecule has 0 spiro atoms. The number of fused-ring (bicyclic) bond motifs is 1. The Bertz CT molecular complexity index is 958. The van der Waals surface area contributed by atoms with Gasteiger partial charge in [-0.1, -0.05) is 30.3 Å². The molecule has 3 aromatic rings. The second-order valence-electron chi connectivity index (χ2n) is 5.99. The fourth-order valence-corrected chi connectivity index (χ4v) is 2.73. The van der Waals surface area contributed by atoms with E-state index in [9.17, 15) is 13.6 Å². The Hall–Kier alpha value is -3.02. The van der Waals surface area contributed by atoms with Gasteiger partial charge in [0.15, 0.2) is 0 Å². The van der Waals surface area contributed by atoms with Gasteiger partial charge < -0.3 is 10.1 Å². The van der Waals surface area contributed by atoms with Crippen molar-refractivity contribution in [3.05, 3.63) is 70.9 Å². The highest BCUT2D eigenvalue weighted by Gasteiger charge is 2.14. The number of rotatable bonds is 5. The number of aryl methyl sites for hydroxylation is 2. The molecule has 0 aliphatic rings. The summed E-state index contributed by atoms with van der Waals surface area (Å²) in [7, 11) is 0. The minimum atomic E-state index is -2.91. The summed E-state index contributed by atoms with van der Waals surface area (Å²) in [5.41, 5.74) is 3.46. The van der Waals surface area contributed by atoms with Crippen molar-refractivity contribution < 1.29 is 18.3 Å². The number of benzene rings is 2. The van der Waals surface area contributed by atoms with E-state index in [0.29, 0.717) is 16.8 Å². The number of halogens is 2. The second kappa shape index (κ2) is 7.47. The van der Waals surface area contributed by atoms with Crippen LogP contribution < -0.4 is 10.1 Å². The van der Waals surface area contributed by atoms with E-state index in [-0.39, 0.29) is 18.2 Å². The summed E-state index contributed by atoms with van der Waals surface area (Å²) in [6.07, 6.45) is 0. The average molecular weight is 356 g/mol. The van der Waals surface area contributed by atoms with Gasteiger partial charge in [0.1, 0.15) is 5.75 Å². The summed E-state index contributed by atoms with van der Waals surface area (Å²) in [6, 6.07) is 14.0. The van der Waals surface area contributed by atoms with Crippen LogP contribution in [0.15, 0.2) is 48.5 Å². The predicted molar refractivity (Wildman–Crippen MR) is 95.5 cm³/mol. The van der Waals surface area contributed by atoms with Crippen LogP contribution in [0, 0.1) is 13.8 Å². The highest BCUT2D eigenvalue weighted by molar-refractivity contribution is 5.98. The molecule has 4 nitrogen and oxygen atoms in total. The molecule has 0 aliphatic heterocycles. The minimum absolute atomic E-state index is 0.0478. The molecule has 3 rings (SSSR count). The first kappa shape index (κ1) is 17.8. The Balaban J connectivity index is 1.80. The van der Waals surface area contributed by atoms with E-state index >= 15 is 0 Å². The third-order valence-electron chi connectivity index (χ3n) is 4.04. The summed E-state index contributed by atoms with van der Waals surface area (Å²) >= 11 is 0. The van der Waals surface area contributed by atoms with Crippen LogP contribution in [0.2, 0.25) is 0 Å². The standard InChI is InChI=1S/C20H18F2N2O2/c1-12-7-8-14-10-16(13(2)24-17(14)9-12)19(25)23-11-15-5-3-4-6-18(15)26-20(21)22/h3-10,20H,11H2,1-2H3,(H,23,25). The summed E-state index contributed by atoms with van der Waals surface area (Å²) < 4.78 is 29.4. The van der Waals surface area contributed by atoms with Crippen molar-refractivity contribution in [3.63, 3.8) is 0 Å². The first-order valence-corrected chi connectivity index (χ1v) is 8.13. The topological polar surface area (TPSA) is 51.2 Å².